The SMILES string of the molecule is CC(=O)Nc1ccc2nc(NC(=O)CCc3ccc(OC(F)F)cc3)sc2c1. The van der Waals surface area contributed by atoms with Gasteiger partial charge in [-0.25, -0.2) is 4.98 Å². The molecule has 0 atom stereocenters. The van der Waals surface area contributed by atoms with Crippen molar-refractivity contribution in [1.29, 1.82) is 0 Å². The molecule has 0 saturated heterocycles. The fourth-order valence-electron chi connectivity index (χ4n) is 2.54. The highest BCUT2D eigenvalue weighted by Gasteiger charge is 2.10. The number of anilines is 2. The second-order valence-corrected chi connectivity index (χ2v) is 6.98. The number of amides is 2. The van der Waals surface area contributed by atoms with Crippen LogP contribution in [0.15, 0.2) is 42.5 Å². The summed E-state index contributed by atoms with van der Waals surface area (Å²) in [4.78, 5) is 27.6. The number of nitrogens with zero attached hydrogens (tertiary/aromatic N) is 1. The average molecular weight is 405 g/mol. The van der Waals surface area contributed by atoms with Crippen molar-refractivity contribution in [2.45, 2.75) is 26.4 Å². The molecule has 0 unspecified atom stereocenters. The number of rotatable bonds is 7. The van der Waals surface area contributed by atoms with Crippen LogP contribution in [0.2, 0.25) is 0 Å². The van der Waals surface area contributed by atoms with Gasteiger partial charge in [-0.15, -0.1) is 0 Å². The Bertz CT molecular complexity index is 990. The smallest absolute Gasteiger partial charge is 0.387 e. The standard InChI is InChI=1S/C19H17F2N3O3S/c1-11(25)22-13-5-8-15-16(10-13)28-19(23-15)24-17(26)9-4-12-2-6-14(7-3-12)27-18(20)21/h2-3,5-8,10,18H,4,9H2,1H3,(H,22,25)(H,23,24,26). The van der Waals surface area contributed by atoms with E-state index in [4.69, 9.17) is 0 Å². The van der Waals surface area contributed by atoms with Crippen molar-refractivity contribution in [2.75, 3.05) is 10.6 Å². The molecule has 0 fully saturated rings. The van der Waals surface area contributed by atoms with E-state index in [1.165, 1.54) is 30.4 Å². The molecule has 0 saturated carbocycles. The monoisotopic (exact) mass is 405 g/mol. The lowest BCUT2D eigenvalue weighted by Gasteiger charge is -2.06. The van der Waals surface area contributed by atoms with Gasteiger partial charge in [-0.1, -0.05) is 23.5 Å². The third-order valence-corrected chi connectivity index (χ3v) is 4.68. The minimum atomic E-state index is -2.86. The van der Waals surface area contributed by atoms with Crippen LogP contribution in [0.1, 0.15) is 18.9 Å². The quantitative estimate of drug-likeness (QED) is 0.610. The number of thiazole rings is 1. The van der Waals surface area contributed by atoms with E-state index in [1.54, 1.807) is 30.3 Å². The van der Waals surface area contributed by atoms with Gasteiger partial charge in [0.25, 0.3) is 0 Å². The molecule has 2 aromatic carbocycles. The van der Waals surface area contributed by atoms with Crippen LogP contribution in [0.5, 0.6) is 5.75 Å². The van der Waals surface area contributed by atoms with E-state index in [1.807, 2.05) is 0 Å². The Kier molecular flexibility index (Phi) is 6.15. The first-order valence-corrected chi connectivity index (χ1v) is 9.22. The predicted molar refractivity (Wildman–Crippen MR) is 104 cm³/mol. The van der Waals surface area contributed by atoms with E-state index in [2.05, 4.69) is 20.4 Å². The first-order valence-electron chi connectivity index (χ1n) is 8.41. The lowest BCUT2D eigenvalue weighted by molar-refractivity contribution is -0.116. The Morgan fingerprint density at radius 1 is 1.14 bits per heavy atom. The van der Waals surface area contributed by atoms with E-state index in [-0.39, 0.29) is 24.0 Å². The summed E-state index contributed by atoms with van der Waals surface area (Å²) in [5, 5.41) is 5.93. The molecule has 2 amide bonds. The van der Waals surface area contributed by atoms with Crippen molar-refractivity contribution in [2.24, 2.45) is 0 Å². The molecule has 1 heterocycles. The number of alkyl halides is 2. The van der Waals surface area contributed by atoms with Crippen molar-refractivity contribution in [3.63, 3.8) is 0 Å². The maximum Gasteiger partial charge on any atom is 0.387 e. The topological polar surface area (TPSA) is 80.3 Å². The maximum absolute atomic E-state index is 12.2. The molecule has 0 bridgehead atoms. The highest BCUT2D eigenvalue weighted by Crippen LogP contribution is 2.28. The Hall–Kier alpha value is -3.07. The van der Waals surface area contributed by atoms with Crippen LogP contribution in [0.3, 0.4) is 0 Å². The number of carbonyl (C=O) groups excluding carboxylic acids is 2. The van der Waals surface area contributed by atoms with E-state index >= 15 is 0 Å². The zero-order valence-corrected chi connectivity index (χ0v) is 15.7. The van der Waals surface area contributed by atoms with Crippen LogP contribution in [0, 0.1) is 0 Å². The normalized spacial score (nSPS) is 10.9. The van der Waals surface area contributed by atoms with Crippen molar-refractivity contribution < 1.29 is 23.1 Å². The Morgan fingerprint density at radius 3 is 2.57 bits per heavy atom. The number of nitrogens with one attached hydrogen (secondary N) is 2. The predicted octanol–water partition coefficient (Wildman–Crippen LogP) is 4.43. The third kappa shape index (κ3) is 5.46. The first-order chi connectivity index (χ1) is 13.4. The van der Waals surface area contributed by atoms with Gasteiger partial charge in [-0.05, 0) is 42.3 Å². The molecule has 3 aromatic rings. The Morgan fingerprint density at radius 2 is 1.89 bits per heavy atom. The van der Waals surface area contributed by atoms with Gasteiger partial charge in [0.2, 0.25) is 11.8 Å². The summed E-state index contributed by atoms with van der Waals surface area (Å²) >= 11 is 1.31. The van der Waals surface area contributed by atoms with Gasteiger partial charge >= 0.3 is 6.61 Å². The van der Waals surface area contributed by atoms with Crippen LogP contribution < -0.4 is 15.4 Å². The zero-order valence-electron chi connectivity index (χ0n) is 14.9. The summed E-state index contributed by atoms with van der Waals surface area (Å²) in [6.45, 7) is -1.43. The van der Waals surface area contributed by atoms with Crippen molar-refractivity contribution in [1.82, 2.24) is 4.98 Å². The summed E-state index contributed by atoms with van der Waals surface area (Å²) in [5.74, 6) is -0.281. The van der Waals surface area contributed by atoms with Gasteiger partial charge in [0, 0.05) is 19.0 Å². The Balaban J connectivity index is 1.56. The number of carbonyl (C=O) groups is 2. The number of hydrogen-bond acceptors (Lipinski definition) is 5. The minimum Gasteiger partial charge on any atom is -0.435 e. The number of ether oxygens (including phenoxy) is 1. The number of halogens is 2. The third-order valence-electron chi connectivity index (χ3n) is 3.74. The van der Waals surface area contributed by atoms with Gasteiger partial charge < -0.3 is 15.4 Å². The fourth-order valence-corrected chi connectivity index (χ4v) is 3.46. The van der Waals surface area contributed by atoms with Gasteiger partial charge in [0.1, 0.15) is 5.75 Å². The molecule has 0 aliphatic rings. The van der Waals surface area contributed by atoms with Crippen LogP contribution >= 0.6 is 11.3 Å². The van der Waals surface area contributed by atoms with Gasteiger partial charge in [-0.2, -0.15) is 8.78 Å². The fraction of sp³-hybridized carbons (Fsp3) is 0.211. The number of hydrogen-bond donors (Lipinski definition) is 2. The zero-order chi connectivity index (χ0) is 20.1. The molecule has 9 heteroatoms. The van der Waals surface area contributed by atoms with E-state index in [0.717, 1.165) is 15.8 Å². The number of aromatic nitrogens is 1. The summed E-state index contributed by atoms with van der Waals surface area (Å²) in [7, 11) is 0. The summed E-state index contributed by atoms with van der Waals surface area (Å²) in [6, 6.07) is 11.5. The maximum atomic E-state index is 12.2. The lowest BCUT2D eigenvalue weighted by atomic mass is 10.1. The first kappa shape index (κ1) is 19.7. The Labute approximate surface area is 163 Å². The van der Waals surface area contributed by atoms with E-state index < -0.39 is 6.61 Å². The molecule has 0 aliphatic carbocycles. The van der Waals surface area contributed by atoms with Crippen LogP contribution in [0.25, 0.3) is 10.2 Å². The molecular formula is C19H17F2N3O3S. The van der Waals surface area contributed by atoms with E-state index in [9.17, 15) is 18.4 Å². The highest BCUT2D eigenvalue weighted by molar-refractivity contribution is 7.22. The van der Waals surface area contributed by atoms with Crippen LogP contribution in [-0.4, -0.2) is 23.4 Å². The molecule has 2 N–H and O–H groups in total. The van der Waals surface area contributed by atoms with E-state index in [0.29, 0.717) is 17.2 Å². The van der Waals surface area contributed by atoms with Crippen molar-refractivity contribution >= 4 is 44.2 Å². The van der Waals surface area contributed by atoms with Crippen molar-refractivity contribution in [3.05, 3.63) is 48.0 Å². The largest absolute Gasteiger partial charge is 0.435 e. The van der Waals surface area contributed by atoms with Crippen LogP contribution in [-0.2, 0) is 16.0 Å². The molecule has 0 aliphatic heterocycles. The lowest BCUT2D eigenvalue weighted by Crippen LogP contribution is -2.12. The number of fused-ring (bicyclic) bond motifs is 1. The van der Waals surface area contributed by atoms with Crippen molar-refractivity contribution in [3.8, 4) is 5.75 Å². The summed E-state index contributed by atoms with van der Waals surface area (Å²) in [6.07, 6.45) is 0.681. The molecule has 28 heavy (non-hydrogen) atoms. The van der Waals surface area contributed by atoms with Gasteiger partial charge in [0.05, 0.1) is 10.2 Å². The molecule has 6 nitrogen and oxygen atoms in total. The average Bonchev–Trinajstić information content (AvgIpc) is 3.01. The summed E-state index contributed by atoms with van der Waals surface area (Å²) in [5.41, 5.74) is 2.23. The second-order valence-electron chi connectivity index (χ2n) is 5.95. The van der Waals surface area contributed by atoms with Gasteiger partial charge in [0.15, 0.2) is 5.13 Å². The molecule has 146 valence electrons. The summed E-state index contributed by atoms with van der Waals surface area (Å²) < 4.78 is 29.4. The highest BCUT2D eigenvalue weighted by atomic mass is 32.1. The minimum absolute atomic E-state index is 0.0799. The van der Waals surface area contributed by atoms with Gasteiger partial charge in [-0.3, -0.25) is 9.59 Å². The number of benzene rings is 2. The molecule has 0 radical (unpaired) electrons. The molecule has 3 rings (SSSR count). The molecule has 0 spiro atoms. The number of aryl methyl sites for hydroxylation is 1. The molecular weight excluding hydrogens is 388 g/mol. The second kappa shape index (κ2) is 8.75. The molecule has 1 aromatic heterocycles. The van der Waals surface area contributed by atoms with Crippen LogP contribution in [0.4, 0.5) is 19.6 Å².